The Bertz CT molecular complexity index is 917. The highest BCUT2D eigenvalue weighted by molar-refractivity contribution is 7.10. The summed E-state index contributed by atoms with van der Waals surface area (Å²) in [7, 11) is 0. The second-order valence-electron chi connectivity index (χ2n) is 5.92. The maximum absolute atomic E-state index is 12.4. The van der Waals surface area contributed by atoms with E-state index in [1.165, 1.54) is 24.3 Å². The van der Waals surface area contributed by atoms with Gasteiger partial charge in [-0.15, -0.1) is 11.3 Å². The lowest BCUT2D eigenvalue weighted by atomic mass is 10.2. The molecule has 0 bridgehead atoms. The number of aromatic nitrogens is 2. The first kappa shape index (κ1) is 17.8. The normalized spacial score (nSPS) is 11.9. The van der Waals surface area contributed by atoms with Crippen LogP contribution in [0.15, 0.2) is 47.8 Å². The fraction of sp³-hybridized carbons (Fsp3) is 0.222. The van der Waals surface area contributed by atoms with Gasteiger partial charge >= 0.3 is 0 Å². The second-order valence-corrected chi connectivity index (χ2v) is 6.90. The van der Waals surface area contributed by atoms with Gasteiger partial charge in [0.2, 0.25) is 0 Å². The number of carbonyl (C=O) groups excluding carboxylic acids is 1. The molecular formula is C18H18N4O3S. The molecule has 8 heteroatoms. The molecule has 0 saturated heterocycles. The van der Waals surface area contributed by atoms with Gasteiger partial charge in [0.1, 0.15) is 6.04 Å². The molecule has 7 nitrogen and oxygen atoms in total. The maximum atomic E-state index is 12.4. The molecule has 2 aromatic heterocycles. The van der Waals surface area contributed by atoms with Crippen molar-refractivity contribution in [3.8, 4) is 0 Å². The predicted molar refractivity (Wildman–Crippen MR) is 99.6 cm³/mol. The highest BCUT2D eigenvalue weighted by Gasteiger charge is 2.19. The minimum absolute atomic E-state index is 0.0411. The average Bonchev–Trinajstić information content (AvgIpc) is 3.25. The number of aryl methyl sites for hydroxylation is 2. The number of nitrogens with zero attached hydrogens (tertiary/aromatic N) is 3. The van der Waals surface area contributed by atoms with E-state index in [2.05, 4.69) is 10.4 Å². The average molecular weight is 370 g/mol. The summed E-state index contributed by atoms with van der Waals surface area (Å²) in [5, 5.41) is 20.2. The third kappa shape index (κ3) is 3.80. The lowest BCUT2D eigenvalue weighted by Gasteiger charge is -2.19. The molecule has 0 saturated carbocycles. The molecule has 0 aliphatic rings. The number of rotatable bonds is 6. The Kier molecular flexibility index (Phi) is 5.13. The quantitative estimate of drug-likeness (QED) is 0.531. The van der Waals surface area contributed by atoms with Crippen molar-refractivity contribution in [2.24, 2.45) is 0 Å². The SMILES string of the molecule is Cc1cc(C)n(C(CNC(=O)c2ccc([N+](=O)[O-])cc2)c2cccs2)n1. The minimum Gasteiger partial charge on any atom is -0.350 e. The van der Waals surface area contributed by atoms with Crippen molar-refractivity contribution in [1.29, 1.82) is 0 Å². The van der Waals surface area contributed by atoms with Crippen molar-refractivity contribution >= 4 is 22.9 Å². The molecule has 1 atom stereocenters. The summed E-state index contributed by atoms with van der Waals surface area (Å²) in [5.74, 6) is -0.275. The van der Waals surface area contributed by atoms with Crippen molar-refractivity contribution in [2.45, 2.75) is 19.9 Å². The van der Waals surface area contributed by atoms with E-state index in [-0.39, 0.29) is 17.6 Å². The van der Waals surface area contributed by atoms with E-state index in [0.717, 1.165) is 16.3 Å². The molecule has 0 spiro atoms. The first-order valence-electron chi connectivity index (χ1n) is 8.04. The van der Waals surface area contributed by atoms with Gasteiger partial charge in [0.05, 0.1) is 10.6 Å². The molecule has 0 aliphatic carbocycles. The van der Waals surface area contributed by atoms with E-state index in [4.69, 9.17) is 0 Å². The number of hydrogen-bond acceptors (Lipinski definition) is 5. The number of non-ortho nitro benzene ring substituents is 1. The summed E-state index contributed by atoms with van der Waals surface area (Å²) >= 11 is 1.61. The Labute approximate surface area is 154 Å². The zero-order chi connectivity index (χ0) is 18.7. The number of nitrogens with one attached hydrogen (secondary N) is 1. The van der Waals surface area contributed by atoms with Crippen LogP contribution in [-0.4, -0.2) is 27.2 Å². The standard InChI is InChI=1S/C18H18N4O3S/c1-12-10-13(2)21(20-12)16(17-4-3-9-26-17)11-19-18(23)14-5-7-15(8-6-14)22(24)25/h3-10,16H,11H2,1-2H3,(H,19,23). The summed E-state index contributed by atoms with van der Waals surface area (Å²) in [6.45, 7) is 4.29. The molecule has 0 fully saturated rings. The molecule has 1 amide bonds. The third-order valence-corrected chi connectivity index (χ3v) is 4.98. The van der Waals surface area contributed by atoms with Gasteiger partial charge in [-0.25, -0.2) is 0 Å². The smallest absolute Gasteiger partial charge is 0.269 e. The summed E-state index contributed by atoms with van der Waals surface area (Å²) < 4.78 is 1.91. The van der Waals surface area contributed by atoms with Crippen LogP contribution in [-0.2, 0) is 0 Å². The zero-order valence-corrected chi connectivity index (χ0v) is 15.2. The lowest BCUT2D eigenvalue weighted by molar-refractivity contribution is -0.384. The van der Waals surface area contributed by atoms with Crippen LogP contribution in [0, 0.1) is 24.0 Å². The minimum atomic E-state index is -0.489. The highest BCUT2D eigenvalue weighted by Crippen LogP contribution is 2.24. The van der Waals surface area contributed by atoms with E-state index in [1.807, 2.05) is 42.1 Å². The Balaban J connectivity index is 1.76. The predicted octanol–water partition coefficient (Wildman–Crippen LogP) is 3.49. The third-order valence-electron chi connectivity index (χ3n) is 4.01. The van der Waals surface area contributed by atoms with Crippen molar-refractivity contribution in [2.75, 3.05) is 6.54 Å². The molecule has 0 radical (unpaired) electrons. The van der Waals surface area contributed by atoms with Crippen LogP contribution in [0.25, 0.3) is 0 Å². The first-order valence-corrected chi connectivity index (χ1v) is 8.92. The summed E-state index contributed by atoms with van der Waals surface area (Å²) in [6, 6.07) is 11.4. The van der Waals surface area contributed by atoms with Crippen LogP contribution in [0.4, 0.5) is 5.69 Å². The summed E-state index contributed by atoms with van der Waals surface area (Å²) in [4.78, 5) is 23.7. The number of carbonyl (C=O) groups is 1. The van der Waals surface area contributed by atoms with E-state index < -0.39 is 4.92 Å². The molecule has 2 heterocycles. The van der Waals surface area contributed by atoms with Gasteiger partial charge in [-0.2, -0.15) is 5.10 Å². The fourth-order valence-electron chi connectivity index (χ4n) is 2.78. The van der Waals surface area contributed by atoms with Gasteiger partial charge in [-0.05, 0) is 43.5 Å². The van der Waals surface area contributed by atoms with E-state index >= 15 is 0 Å². The van der Waals surface area contributed by atoms with Gasteiger partial charge < -0.3 is 5.32 Å². The topological polar surface area (TPSA) is 90.1 Å². The molecule has 26 heavy (non-hydrogen) atoms. The van der Waals surface area contributed by atoms with Gasteiger partial charge in [-0.3, -0.25) is 19.6 Å². The maximum Gasteiger partial charge on any atom is 0.269 e. The number of amides is 1. The lowest BCUT2D eigenvalue weighted by Crippen LogP contribution is -2.31. The van der Waals surface area contributed by atoms with Crippen LogP contribution in [0.3, 0.4) is 0 Å². The molecular weight excluding hydrogens is 352 g/mol. The van der Waals surface area contributed by atoms with E-state index in [1.54, 1.807) is 11.3 Å². The largest absolute Gasteiger partial charge is 0.350 e. The Morgan fingerprint density at radius 3 is 2.58 bits per heavy atom. The summed E-state index contributed by atoms with van der Waals surface area (Å²) in [5.41, 5.74) is 2.28. The molecule has 1 unspecified atom stereocenters. The van der Waals surface area contributed by atoms with Crippen molar-refractivity contribution in [3.63, 3.8) is 0 Å². The molecule has 1 N–H and O–H groups in total. The van der Waals surface area contributed by atoms with E-state index in [9.17, 15) is 14.9 Å². The van der Waals surface area contributed by atoms with Crippen LogP contribution >= 0.6 is 11.3 Å². The van der Waals surface area contributed by atoms with Crippen molar-refractivity contribution in [1.82, 2.24) is 15.1 Å². The number of nitro groups is 1. The Morgan fingerprint density at radius 2 is 2.04 bits per heavy atom. The van der Waals surface area contributed by atoms with Crippen LogP contribution in [0.1, 0.15) is 32.7 Å². The number of nitro benzene ring substituents is 1. The van der Waals surface area contributed by atoms with Gasteiger partial charge in [0, 0.05) is 34.8 Å². The monoisotopic (exact) mass is 370 g/mol. The Morgan fingerprint density at radius 1 is 1.31 bits per heavy atom. The highest BCUT2D eigenvalue weighted by atomic mass is 32.1. The number of benzene rings is 1. The summed E-state index contributed by atoms with van der Waals surface area (Å²) in [6.07, 6.45) is 0. The molecule has 3 rings (SSSR count). The van der Waals surface area contributed by atoms with Gasteiger partial charge in [0.15, 0.2) is 0 Å². The number of thiophene rings is 1. The number of hydrogen-bond donors (Lipinski definition) is 1. The van der Waals surface area contributed by atoms with Gasteiger partial charge in [0.25, 0.3) is 11.6 Å². The zero-order valence-electron chi connectivity index (χ0n) is 14.4. The molecule has 0 aliphatic heterocycles. The first-order chi connectivity index (χ1) is 12.5. The van der Waals surface area contributed by atoms with Crippen molar-refractivity contribution in [3.05, 3.63) is 79.8 Å². The molecule has 1 aromatic carbocycles. The second kappa shape index (κ2) is 7.49. The van der Waals surface area contributed by atoms with Crippen LogP contribution in [0.5, 0.6) is 0 Å². The van der Waals surface area contributed by atoms with Crippen molar-refractivity contribution < 1.29 is 9.72 Å². The molecule has 3 aromatic rings. The Hall–Kier alpha value is -3.00. The van der Waals surface area contributed by atoms with E-state index in [0.29, 0.717) is 12.1 Å². The fourth-order valence-corrected chi connectivity index (χ4v) is 3.59. The van der Waals surface area contributed by atoms with Crippen LogP contribution < -0.4 is 5.32 Å². The van der Waals surface area contributed by atoms with Crippen LogP contribution in [0.2, 0.25) is 0 Å². The molecule has 134 valence electrons. The van der Waals surface area contributed by atoms with Gasteiger partial charge in [-0.1, -0.05) is 6.07 Å².